The Bertz CT molecular complexity index is 653. The lowest BCUT2D eigenvalue weighted by Gasteiger charge is -2.37. The zero-order chi connectivity index (χ0) is 14.3. The van der Waals surface area contributed by atoms with Gasteiger partial charge in [-0.25, -0.2) is 0 Å². The molecule has 1 aliphatic rings. The number of hydrogen-bond donors (Lipinski definition) is 1. The van der Waals surface area contributed by atoms with E-state index >= 15 is 0 Å². The number of amides is 1. The molecule has 0 aliphatic carbocycles. The van der Waals surface area contributed by atoms with Crippen molar-refractivity contribution in [2.24, 2.45) is 0 Å². The summed E-state index contributed by atoms with van der Waals surface area (Å²) in [5, 5.41) is 4.37. The number of nitrogens with one attached hydrogen (secondary N) is 1. The molecule has 1 fully saturated rings. The van der Waals surface area contributed by atoms with E-state index in [2.05, 4.69) is 19.2 Å². The third kappa shape index (κ3) is 3.06. The van der Waals surface area contributed by atoms with Crippen LogP contribution in [0, 0.1) is 6.92 Å². The minimum atomic E-state index is -0.0142. The van der Waals surface area contributed by atoms with Crippen LogP contribution in [0.5, 0.6) is 0 Å². The van der Waals surface area contributed by atoms with Crippen LogP contribution in [0.4, 0.5) is 0 Å². The fourth-order valence-electron chi connectivity index (χ4n) is 2.71. The standard InChI is InChI=1S/C16H20N2O2.ClH/c1-10-4-5-14-13(6-10)7-15(20-14)16(19)18-9-11(2)17-8-12(18)3;/h4-7,11-12,17H,8-9H2,1-3H3;1H. The summed E-state index contributed by atoms with van der Waals surface area (Å²) in [6.07, 6.45) is 0. The van der Waals surface area contributed by atoms with Gasteiger partial charge in [0.25, 0.3) is 5.91 Å². The molecular formula is C16H21ClN2O2. The van der Waals surface area contributed by atoms with Crippen LogP contribution in [0.2, 0.25) is 0 Å². The highest BCUT2D eigenvalue weighted by Crippen LogP contribution is 2.22. The smallest absolute Gasteiger partial charge is 0.289 e. The van der Waals surface area contributed by atoms with Gasteiger partial charge in [0.15, 0.2) is 5.76 Å². The fourth-order valence-corrected chi connectivity index (χ4v) is 2.71. The Labute approximate surface area is 130 Å². The van der Waals surface area contributed by atoms with E-state index in [9.17, 15) is 4.79 Å². The highest BCUT2D eigenvalue weighted by Gasteiger charge is 2.29. The van der Waals surface area contributed by atoms with Crippen molar-refractivity contribution in [1.82, 2.24) is 10.2 Å². The van der Waals surface area contributed by atoms with E-state index in [1.165, 1.54) is 5.56 Å². The van der Waals surface area contributed by atoms with Crippen LogP contribution in [-0.2, 0) is 0 Å². The molecule has 1 aromatic carbocycles. The Morgan fingerprint density at radius 2 is 2.10 bits per heavy atom. The first-order valence-electron chi connectivity index (χ1n) is 7.09. The predicted molar refractivity (Wildman–Crippen MR) is 86.2 cm³/mol. The molecule has 0 spiro atoms. The minimum Gasteiger partial charge on any atom is -0.451 e. The lowest BCUT2D eigenvalue weighted by Crippen LogP contribution is -2.56. The summed E-state index contributed by atoms with van der Waals surface area (Å²) >= 11 is 0. The number of aryl methyl sites for hydroxylation is 1. The molecule has 114 valence electrons. The lowest BCUT2D eigenvalue weighted by atomic mass is 10.1. The van der Waals surface area contributed by atoms with Gasteiger partial charge in [-0.15, -0.1) is 12.4 Å². The summed E-state index contributed by atoms with van der Waals surface area (Å²) < 4.78 is 5.71. The molecule has 2 heterocycles. The van der Waals surface area contributed by atoms with E-state index in [-0.39, 0.29) is 24.4 Å². The fraction of sp³-hybridized carbons (Fsp3) is 0.438. The van der Waals surface area contributed by atoms with Crippen molar-refractivity contribution in [3.8, 4) is 0 Å². The molecule has 2 aromatic rings. The first-order valence-corrected chi connectivity index (χ1v) is 7.09. The molecule has 1 saturated heterocycles. The molecule has 2 unspecified atom stereocenters. The number of hydrogen-bond acceptors (Lipinski definition) is 3. The van der Waals surface area contributed by atoms with Crippen molar-refractivity contribution >= 4 is 29.3 Å². The molecule has 0 bridgehead atoms. The average molecular weight is 309 g/mol. The second-order valence-electron chi connectivity index (χ2n) is 5.77. The molecule has 0 radical (unpaired) electrons. The molecule has 1 aromatic heterocycles. The van der Waals surface area contributed by atoms with Crippen LogP contribution in [0.1, 0.15) is 30.0 Å². The topological polar surface area (TPSA) is 45.5 Å². The third-order valence-corrected chi connectivity index (χ3v) is 3.91. The second kappa shape index (κ2) is 6.08. The van der Waals surface area contributed by atoms with Gasteiger partial charge in [-0.05, 0) is 39.0 Å². The predicted octanol–water partition coefficient (Wildman–Crippen LogP) is 2.99. The van der Waals surface area contributed by atoms with E-state index in [1.807, 2.05) is 36.1 Å². The number of rotatable bonds is 1. The maximum absolute atomic E-state index is 12.6. The highest BCUT2D eigenvalue weighted by atomic mass is 35.5. The zero-order valence-corrected chi connectivity index (χ0v) is 13.4. The van der Waals surface area contributed by atoms with E-state index in [0.717, 1.165) is 24.1 Å². The Kier molecular flexibility index (Phi) is 4.59. The quantitative estimate of drug-likeness (QED) is 0.881. The van der Waals surface area contributed by atoms with Crippen LogP contribution in [0.3, 0.4) is 0 Å². The molecule has 0 saturated carbocycles. The van der Waals surface area contributed by atoms with Gasteiger partial charge in [0.05, 0.1) is 0 Å². The number of benzene rings is 1. The third-order valence-electron chi connectivity index (χ3n) is 3.91. The van der Waals surface area contributed by atoms with E-state index < -0.39 is 0 Å². The monoisotopic (exact) mass is 308 g/mol. The maximum atomic E-state index is 12.6. The van der Waals surface area contributed by atoms with Crippen molar-refractivity contribution in [2.75, 3.05) is 13.1 Å². The Morgan fingerprint density at radius 1 is 1.33 bits per heavy atom. The Morgan fingerprint density at radius 3 is 2.86 bits per heavy atom. The molecule has 21 heavy (non-hydrogen) atoms. The Hall–Kier alpha value is -1.52. The van der Waals surface area contributed by atoms with Crippen LogP contribution in [0.15, 0.2) is 28.7 Å². The van der Waals surface area contributed by atoms with Crippen LogP contribution in [-0.4, -0.2) is 36.0 Å². The van der Waals surface area contributed by atoms with Gasteiger partial charge in [-0.2, -0.15) is 0 Å². The molecule has 1 N–H and O–H groups in total. The summed E-state index contributed by atoms with van der Waals surface area (Å²) in [4.78, 5) is 14.5. The van der Waals surface area contributed by atoms with Crippen LogP contribution < -0.4 is 5.32 Å². The number of furan rings is 1. The number of piperazine rings is 1. The molecular weight excluding hydrogens is 288 g/mol. The largest absolute Gasteiger partial charge is 0.451 e. The number of carbonyl (C=O) groups is 1. The van der Waals surface area contributed by atoms with E-state index in [0.29, 0.717) is 11.8 Å². The SMILES string of the molecule is Cc1ccc2oc(C(=O)N3CC(C)NCC3C)cc2c1.Cl. The molecule has 5 heteroatoms. The van der Waals surface area contributed by atoms with Crippen LogP contribution >= 0.6 is 12.4 Å². The normalized spacial score (nSPS) is 22.1. The number of halogens is 1. The van der Waals surface area contributed by atoms with Gasteiger partial charge in [0.1, 0.15) is 5.58 Å². The van der Waals surface area contributed by atoms with Crippen molar-refractivity contribution in [3.63, 3.8) is 0 Å². The summed E-state index contributed by atoms with van der Waals surface area (Å²) in [6, 6.07) is 8.32. The summed E-state index contributed by atoms with van der Waals surface area (Å²) in [6.45, 7) is 7.73. The van der Waals surface area contributed by atoms with Gasteiger partial charge in [0.2, 0.25) is 0 Å². The van der Waals surface area contributed by atoms with Gasteiger partial charge < -0.3 is 14.6 Å². The average Bonchev–Trinajstić information content (AvgIpc) is 2.83. The van der Waals surface area contributed by atoms with E-state index in [4.69, 9.17) is 4.42 Å². The molecule has 2 atom stereocenters. The van der Waals surface area contributed by atoms with Crippen molar-refractivity contribution in [1.29, 1.82) is 0 Å². The van der Waals surface area contributed by atoms with Gasteiger partial charge >= 0.3 is 0 Å². The van der Waals surface area contributed by atoms with E-state index in [1.54, 1.807) is 0 Å². The number of carbonyl (C=O) groups excluding carboxylic acids is 1. The van der Waals surface area contributed by atoms with Gasteiger partial charge in [-0.1, -0.05) is 11.6 Å². The summed E-state index contributed by atoms with van der Waals surface area (Å²) in [7, 11) is 0. The van der Waals surface area contributed by atoms with Gasteiger partial charge in [0, 0.05) is 30.6 Å². The van der Waals surface area contributed by atoms with Crippen molar-refractivity contribution < 1.29 is 9.21 Å². The lowest BCUT2D eigenvalue weighted by molar-refractivity contribution is 0.0586. The second-order valence-corrected chi connectivity index (χ2v) is 5.77. The van der Waals surface area contributed by atoms with Crippen molar-refractivity contribution in [3.05, 3.63) is 35.6 Å². The zero-order valence-electron chi connectivity index (χ0n) is 12.6. The minimum absolute atomic E-state index is 0. The first-order chi connectivity index (χ1) is 9.54. The molecule has 4 nitrogen and oxygen atoms in total. The molecule has 3 rings (SSSR count). The summed E-state index contributed by atoms with van der Waals surface area (Å²) in [5.74, 6) is 0.422. The highest BCUT2D eigenvalue weighted by molar-refractivity contribution is 5.96. The molecule has 1 amide bonds. The Balaban J connectivity index is 0.00000161. The number of fused-ring (bicyclic) bond motifs is 1. The first kappa shape index (κ1) is 15.9. The number of nitrogens with zero attached hydrogens (tertiary/aromatic N) is 1. The summed E-state index contributed by atoms with van der Waals surface area (Å²) in [5.41, 5.74) is 1.94. The van der Waals surface area contributed by atoms with Crippen molar-refractivity contribution in [2.45, 2.75) is 32.9 Å². The maximum Gasteiger partial charge on any atom is 0.289 e. The molecule has 1 aliphatic heterocycles. The van der Waals surface area contributed by atoms with Gasteiger partial charge in [-0.3, -0.25) is 4.79 Å². The van der Waals surface area contributed by atoms with Crippen LogP contribution in [0.25, 0.3) is 11.0 Å².